The second-order valence-corrected chi connectivity index (χ2v) is 4.70. The van der Waals surface area contributed by atoms with Gasteiger partial charge in [-0.1, -0.05) is 32.9 Å². The highest BCUT2D eigenvalue weighted by Gasteiger charge is 1.96. The van der Waals surface area contributed by atoms with Gasteiger partial charge in [-0.15, -0.1) is 0 Å². The van der Waals surface area contributed by atoms with E-state index in [4.69, 9.17) is 4.74 Å². The first-order valence-electron chi connectivity index (χ1n) is 6.67. The molecule has 0 bridgehead atoms. The van der Waals surface area contributed by atoms with Crippen LogP contribution in [-0.2, 0) is 6.42 Å². The van der Waals surface area contributed by atoms with Gasteiger partial charge in [0.05, 0.1) is 6.61 Å². The molecule has 17 heavy (non-hydrogen) atoms. The van der Waals surface area contributed by atoms with Crippen LogP contribution >= 0.6 is 0 Å². The third kappa shape index (κ3) is 6.32. The molecule has 96 valence electrons. The van der Waals surface area contributed by atoms with Gasteiger partial charge in [0.15, 0.2) is 0 Å². The van der Waals surface area contributed by atoms with E-state index in [9.17, 15) is 0 Å². The minimum absolute atomic E-state index is 0.583. The number of aryl methyl sites for hydroxylation is 1. The van der Waals surface area contributed by atoms with Crippen molar-refractivity contribution < 1.29 is 4.74 Å². The van der Waals surface area contributed by atoms with Crippen LogP contribution in [0.4, 0.5) is 0 Å². The van der Waals surface area contributed by atoms with Crippen molar-refractivity contribution >= 4 is 0 Å². The zero-order valence-electron chi connectivity index (χ0n) is 11.3. The Kier molecular flexibility index (Phi) is 6.71. The van der Waals surface area contributed by atoms with Gasteiger partial charge in [-0.25, -0.2) is 0 Å². The van der Waals surface area contributed by atoms with E-state index in [0.29, 0.717) is 6.04 Å². The monoisotopic (exact) mass is 235 g/mol. The van der Waals surface area contributed by atoms with Gasteiger partial charge in [0, 0.05) is 6.04 Å². The van der Waals surface area contributed by atoms with Crippen LogP contribution in [0.3, 0.4) is 0 Å². The molecule has 1 aromatic rings. The molecule has 1 rings (SSSR count). The van der Waals surface area contributed by atoms with Crippen LogP contribution in [0.1, 0.15) is 39.2 Å². The molecular weight excluding hydrogens is 210 g/mol. The Balaban J connectivity index is 2.25. The average Bonchev–Trinajstić information content (AvgIpc) is 2.33. The Bertz CT molecular complexity index is 292. The van der Waals surface area contributed by atoms with Gasteiger partial charge in [0.25, 0.3) is 0 Å². The third-order valence-corrected chi connectivity index (χ3v) is 2.59. The molecule has 2 nitrogen and oxygen atoms in total. The Morgan fingerprint density at radius 2 is 1.88 bits per heavy atom. The van der Waals surface area contributed by atoms with E-state index >= 15 is 0 Å². The molecule has 0 atom stereocenters. The van der Waals surface area contributed by atoms with Crippen molar-refractivity contribution in [1.29, 1.82) is 0 Å². The second kappa shape index (κ2) is 8.13. The van der Waals surface area contributed by atoms with Gasteiger partial charge in [-0.05, 0) is 43.5 Å². The molecule has 2 heteroatoms. The molecular formula is C15H25NO. The number of hydrogen-bond acceptors (Lipinski definition) is 2. The van der Waals surface area contributed by atoms with E-state index in [1.807, 2.05) is 0 Å². The minimum Gasteiger partial charge on any atom is -0.494 e. The quantitative estimate of drug-likeness (QED) is 0.697. The lowest BCUT2D eigenvalue weighted by Gasteiger charge is -2.08. The summed E-state index contributed by atoms with van der Waals surface area (Å²) in [6.45, 7) is 8.37. The Labute approximate surface area is 105 Å². The second-order valence-electron chi connectivity index (χ2n) is 4.70. The molecule has 0 radical (unpaired) electrons. The maximum atomic E-state index is 5.55. The predicted octanol–water partition coefficient (Wildman–Crippen LogP) is 3.41. The number of ether oxygens (including phenoxy) is 1. The summed E-state index contributed by atoms with van der Waals surface area (Å²) in [6.07, 6.45) is 3.38. The fourth-order valence-electron chi connectivity index (χ4n) is 1.66. The van der Waals surface area contributed by atoms with Crippen molar-refractivity contribution in [3.8, 4) is 5.75 Å². The zero-order valence-corrected chi connectivity index (χ0v) is 11.3. The normalized spacial score (nSPS) is 10.8. The van der Waals surface area contributed by atoms with E-state index in [1.165, 1.54) is 12.0 Å². The standard InChI is InChI=1S/C15H25NO/c1-4-12-17-15-9-7-14(8-10-15)6-5-11-16-13(2)3/h7-10,13,16H,4-6,11-12H2,1-3H3. The number of benzene rings is 1. The maximum absolute atomic E-state index is 5.55. The Morgan fingerprint density at radius 3 is 2.47 bits per heavy atom. The molecule has 0 aliphatic carbocycles. The molecule has 0 amide bonds. The third-order valence-electron chi connectivity index (χ3n) is 2.59. The van der Waals surface area contributed by atoms with Gasteiger partial charge >= 0.3 is 0 Å². The lowest BCUT2D eigenvalue weighted by molar-refractivity contribution is 0.317. The van der Waals surface area contributed by atoms with E-state index in [2.05, 4.69) is 50.4 Å². The van der Waals surface area contributed by atoms with Crippen LogP contribution in [0.15, 0.2) is 24.3 Å². The summed E-state index contributed by atoms with van der Waals surface area (Å²) in [5.74, 6) is 0.982. The maximum Gasteiger partial charge on any atom is 0.119 e. The van der Waals surface area contributed by atoms with Gasteiger partial charge in [-0.2, -0.15) is 0 Å². The molecule has 0 aliphatic rings. The van der Waals surface area contributed by atoms with Gasteiger partial charge in [0.1, 0.15) is 5.75 Å². The highest BCUT2D eigenvalue weighted by atomic mass is 16.5. The van der Waals surface area contributed by atoms with E-state index < -0.39 is 0 Å². The molecule has 0 fully saturated rings. The first kappa shape index (κ1) is 14.0. The summed E-state index contributed by atoms with van der Waals surface area (Å²) in [4.78, 5) is 0. The van der Waals surface area contributed by atoms with Crippen LogP contribution in [0.2, 0.25) is 0 Å². The van der Waals surface area contributed by atoms with Crippen LogP contribution in [0, 0.1) is 0 Å². The molecule has 1 aromatic carbocycles. The fraction of sp³-hybridized carbons (Fsp3) is 0.600. The van der Waals surface area contributed by atoms with Crippen molar-refractivity contribution in [2.24, 2.45) is 0 Å². The Hall–Kier alpha value is -1.02. The first-order chi connectivity index (χ1) is 8.22. The fourth-order valence-corrected chi connectivity index (χ4v) is 1.66. The van der Waals surface area contributed by atoms with E-state index in [1.54, 1.807) is 0 Å². The highest BCUT2D eigenvalue weighted by molar-refractivity contribution is 5.27. The van der Waals surface area contributed by atoms with E-state index in [-0.39, 0.29) is 0 Å². The number of nitrogens with one attached hydrogen (secondary N) is 1. The summed E-state index contributed by atoms with van der Waals surface area (Å²) in [6, 6.07) is 9.06. The smallest absolute Gasteiger partial charge is 0.119 e. The molecule has 0 aromatic heterocycles. The van der Waals surface area contributed by atoms with E-state index in [0.717, 1.165) is 31.7 Å². The summed E-state index contributed by atoms with van der Waals surface area (Å²) < 4.78 is 5.55. The molecule has 1 N–H and O–H groups in total. The molecule has 0 unspecified atom stereocenters. The topological polar surface area (TPSA) is 21.3 Å². The van der Waals surface area contributed by atoms with Crippen LogP contribution in [0.5, 0.6) is 5.75 Å². The van der Waals surface area contributed by atoms with Crippen LogP contribution in [0.25, 0.3) is 0 Å². The molecule has 0 heterocycles. The zero-order chi connectivity index (χ0) is 12.5. The summed E-state index contributed by atoms with van der Waals surface area (Å²) in [5, 5.41) is 3.43. The molecule has 0 spiro atoms. The number of rotatable bonds is 8. The van der Waals surface area contributed by atoms with Gasteiger partial charge in [-0.3, -0.25) is 0 Å². The van der Waals surface area contributed by atoms with Crippen LogP contribution in [-0.4, -0.2) is 19.2 Å². The average molecular weight is 235 g/mol. The molecule has 0 aliphatic heterocycles. The molecule has 0 saturated heterocycles. The summed E-state index contributed by atoms with van der Waals surface area (Å²) >= 11 is 0. The lowest BCUT2D eigenvalue weighted by Crippen LogP contribution is -2.23. The van der Waals surface area contributed by atoms with Crippen molar-refractivity contribution in [2.75, 3.05) is 13.2 Å². The van der Waals surface area contributed by atoms with Crippen molar-refractivity contribution in [3.63, 3.8) is 0 Å². The van der Waals surface area contributed by atoms with Gasteiger partial charge in [0.2, 0.25) is 0 Å². The Morgan fingerprint density at radius 1 is 1.18 bits per heavy atom. The summed E-state index contributed by atoms with van der Waals surface area (Å²) in [7, 11) is 0. The first-order valence-corrected chi connectivity index (χ1v) is 6.67. The molecule has 0 saturated carbocycles. The number of hydrogen-bond donors (Lipinski definition) is 1. The minimum atomic E-state index is 0.583. The summed E-state index contributed by atoms with van der Waals surface area (Å²) in [5.41, 5.74) is 1.39. The SMILES string of the molecule is CCCOc1ccc(CCCNC(C)C)cc1. The lowest BCUT2D eigenvalue weighted by atomic mass is 10.1. The highest BCUT2D eigenvalue weighted by Crippen LogP contribution is 2.13. The predicted molar refractivity (Wildman–Crippen MR) is 73.7 cm³/mol. The van der Waals surface area contributed by atoms with Crippen LogP contribution < -0.4 is 10.1 Å². The van der Waals surface area contributed by atoms with Gasteiger partial charge < -0.3 is 10.1 Å². The van der Waals surface area contributed by atoms with Crippen molar-refractivity contribution in [3.05, 3.63) is 29.8 Å². The van der Waals surface area contributed by atoms with Crippen molar-refractivity contribution in [1.82, 2.24) is 5.32 Å². The largest absolute Gasteiger partial charge is 0.494 e. The van der Waals surface area contributed by atoms with Crippen molar-refractivity contribution in [2.45, 2.75) is 46.1 Å².